The molecular formula is C20H16O2. The Morgan fingerprint density at radius 1 is 0.818 bits per heavy atom. The molecule has 0 aliphatic heterocycles. The van der Waals surface area contributed by atoms with Crippen molar-refractivity contribution in [2.24, 2.45) is 0 Å². The molecule has 2 nitrogen and oxygen atoms in total. The van der Waals surface area contributed by atoms with Gasteiger partial charge in [-0.2, -0.15) is 0 Å². The Balaban J connectivity index is 2.04. The maximum absolute atomic E-state index is 10.5. The van der Waals surface area contributed by atoms with Gasteiger partial charge in [0.25, 0.3) is 0 Å². The number of aliphatic hydroxyl groups is 2. The van der Waals surface area contributed by atoms with Crippen LogP contribution in [0.4, 0.5) is 0 Å². The van der Waals surface area contributed by atoms with Gasteiger partial charge >= 0.3 is 0 Å². The van der Waals surface area contributed by atoms with E-state index in [2.05, 4.69) is 48.5 Å². The molecular weight excluding hydrogens is 272 g/mol. The molecule has 0 bridgehead atoms. The van der Waals surface area contributed by atoms with Crippen LogP contribution in [0.2, 0.25) is 0 Å². The second kappa shape index (κ2) is 4.19. The molecule has 0 saturated carbocycles. The van der Waals surface area contributed by atoms with Crippen LogP contribution in [0.3, 0.4) is 0 Å². The Bertz CT molecular complexity index is 1000. The van der Waals surface area contributed by atoms with Gasteiger partial charge in [0.2, 0.25) is 0 Å². The van der Waals surface area contributed by atoms with E-state index < -0.39 is 12.2 Å². The summed E-state index contributed by atoms with van der Waals surface area (Å²) in [5.41, 5.74) is 2.09. The molecule has 0 heterocycles. The molecule has 108 valence electrons. The molecule has 22 heavy (non-hydrogen) atoms. The van der Waals surface area contributed by atoms with Crippen molar-refractivity contribution in [3.8, 4) is 0 Å². The van der Waals surface area contributed by atoms with Gasteiger partial charge in [0.05, 0.1) is 6.10 Å². The van der Waals surface area contributed by atoms with Crippen molar-refractivity contribution in [1.82, 2.24) is 0 Å². The SMILES string of the molecule is O[C@@H]1CCc2cc3ccc4cccc5ccc(c2[C@@H]1O)c3c45. The highest BCUT2D eigenvalue weighted by atomic mass is 16.3. The van der Waals surface area contributed by atoms with Gasteiger partial charge in [-0.05, 0) is 56.3 Å². The molecule has 0 radical (unpaired) electrons. The van der Waals surface area contributed by atoms with E-state index in [0.29, 0.717) is 6.42 Å². The minimum absolute atomic E-state index is 0.627. The topological polar surface area (TPSA) is 40.5 Å². The van der Waals surface area contributed by atoms with Gasteiger partial charge in [-0.3, -0.25) is 0 Å². The van der Waals surface area contributed by atoms with Crippen molar-refractivity contribution in [1.29, 1.82) is 0 Å². The fourth-order valence-corrected chi connectivity index (χ4v) is 4.10. The van der Waals surface area contributed by atoms with Crippen molar-refractivity contribution in [3.05, 3.63) is 59.7 Å². The predicted molar refractivity (Wildman–Crippen MR) is 89.4 cm³/mol. The number of benzene rings is 4. The molecule has 0 aromatic heterocycles. The van der Waals surface area contributed by atoms with Crippen LogP contribution in [-0.2, 0) is 6.42 Å². The summed E-state index contributed by atoms with van der Waals surface area (Å²) in [5, 5.41) is 27.8. The lowest BCUT2D eigenvalue weighted by Gasteiger charge is -2.29. The number of hydrogen-bond donors (Lipinski definition) is 2. The molecule has 1 aliphatic carbocycles. The molecule has 2 heteroatoms. The highest BCUT2D eigenvalue weighted by molar-refractivity contribution is 6.23. The lowest BCUT2D eigenvalue weighted by atomic mass is 9.81. The summed E-state index contributed by atoms with van der Waals surface area (Å²) in [6.07, 6.45) is 0.00498. The van der Waals surface area contributed by atoms with Crippen LogP contribution >= 0.6 is 0 Å². The third kappa shape index (κ3) is 1.46. The average Bonchev–Trinajstić information content (AvgIpc) is 2.55. The van der Waals surface area contributed by atoms with Gasteiger partial charge < -0.3 is 10.2 Å². The first-order valence-corrected chi connectivity index (χ1v) is 7.79. The first kappa shape index (κ1) is 12.4. The van der Waals surface area contributed by atoms with E-state index in [9.17, 15) is 10.2 Å². The van der Waals surface area contributed by atoms with Crippen molar-refractivity contribution in [2.75, 3.05) is 0 Å². The highest BCUT2D eigenvalue weighted by Gasteiger charge is 2.29. The van der Waals surface area contributed by atoms with E-state index in [4.69, 9.17) is 0 Å². The molecule has 0 amide bonds. The minimum Gasteiger partial charge on any atom is -0.390 e. The molecule has 4 aromatic rings. The van der Waals surface area contributed by atoms with Crippen LogP contribution in [0.25, 0.3) is 32.3 Å². The van der Waals surface area contributed by atoms with E-state index in [0.717, 1.165) is 17.4 Å². The van der Waals surface area contributed by atoms with Gasteiger partial charge in [-0.25, -0.2) is 0 Å². The van der Waals surface area contributed by atoms with Crippen LogP contribution < -0.4 is 0 Å². The zero-order valence-electron chi connectivity index (χ0n) is 12.1. The fourth-order valence-electron chi connectivity index (χ4n) is 4.10. The van der Waals surface area contributed by atoms with Crippen molar-refractivity contribution >= 4 is 32.3 Å². The molecule has 0 unspecified atom stereocenters. The summed E-state index contributed by atoms with van der Waals surface area (Å²) in [6.45, 7) is 0. The Labute approximate surface area is 127 Å². The summed E-state index contributed by atoms with van der Waals surface area (Å²) in [7, 11) is 0. The molecule has 5 rings (SSSR count). The second-order valence-electron chi connectivity index (χ2n) is 6.36. The lowest BCUT2D eigenvalue weighted by Crippen LogP contribution is -2.25. The van der Waals surface area contributed by atoms with Gasteiger partial charge in [0.15, 0.2) is 0 Å². The lowest BCUT2D eigenvalue weighted by molar-refractivity contribution is 0.00750. The van der Waals surface area contributed by atoms with E-state index in [1.54, 1.807) is 0 Å². The average molecular weight is 288 g/mol. The Morgan fingerprint density at radius 2 is 1.55 bits per heavy atom. The Hall–Kier alpha value is -2.16. The second-order valence-corrected chi connectivity index (χ2v) is 6.36. The first-order chi connectivity index (χ1) is 10.7. The first-order valence-electron chi connectivity index (χ1n) is 7.79. The number of aliphatic hydroxyl groups excluding tert-OH is 2. The van der Waals surface area contributed by atoms with Gasteiger partial charge in [-0.15, -0.1) is 0 Å². The smallest absolute Gasteiger partial charge is 0.106 e. The van der Waals surface area contributed by atoms with Crippen LogP contribution in [0.15, 0.2) is 48.5 Å². The quantitative estimate of drug-likeness (QED) is 0.481. The molecule has 0 fully saturated rings. The van der Waals surface area contributed by atoms with E-state index in [1.807, 2.05) is 0 Å². The number of fused-ring (bicyclic) bond motifs is 2. The highest BCUT2D eigenvalue weighted by Crippen LogP contribution is 2.42. The summed E-state index contributed by atoms with van der Waals surface area (Å²) in [4.78, 5) is 0. The normalized spacial score (nSPS) is 21.7. The molecule has 0 spiro atoms. The summed E-state index contributed by atoms with van der Waals surface area (Å²) < 4.78 is 0. The predicted octanol–water partition coefficient (Wildman–Crippen LogP) is 3.92. The van der Waals surface area contributed by atoms with Gasteiger partial charge in [0, 0.05) is 0 Å². The zero-order valence-corrected chi connectivity index (χ0v) is 12.1. The van der Waals surface area contributed by atoms with Crippen LogP contribution in [0.1, 0.15) is 23.7 Å². The van der Waals surface area contributed by atoms with Crippen LogP contribution in [0.5, 0.6) is 0 Å². The molecule has 2 atom stereocenters. The maximum atomic E-state index is 10.5. The van der Waals surface area contributed by atoms with Crippen molar-refractivity contribution < 1.29 is 10.2 Å². The number of rotatable bonds is 0. The van der Waals surface area contributed by atoms with E-state index in [1.165, 1.54) is 32.5 Å². The van der Waals surface area contributed by atoms with Crippen molar-refractivity contribution in [2.45, 2.75) is 25.0 Å². The fraction of sp³-hybridized carbons (Fsp3) is 0.200. The molecule has 0 saturated heterocycles. The van der Waals surface area contributed by atoms with Gasteiger partial charge in [-0.1, -0.05) is 48.5 Å². The third-order valence-electron chi connectivity index (χ3n) is 5.14. The van der Waals surface area contributed by atoms with Gasteiger partial charge in [0.1, 0.15) is 6.10 Å². The number of hydrogen-bond acceptors (Lipinski definition) is 2. The molecule has 1 aliphatic rings. The third-order valence-corrected chi connectivity index (χ3v) is 5.14. The van der Waals surface area contributed by atoms with Crippen LogP contribution in [0, 0.1) is 0 Å². The van der Waals surface area contributed by atoms with E-state index in [-0.39, 0.29) is 0 Å². The largest absolute Gasteiger partial charge is 0.390 e. The Morgan fingerprint density at radius 3 is 2.36 bits per heavy atom. The zero-order chi connectivity index (χ0) is 14.8. The van der Waals surface area contributed by atoms with Crippen LogP contribution in [-0.4, -0.2) is 16.3 Å². The van der Waals surface area contributed by atoms with Crippen molar-refractivity contribution in [3.63, 3.8) is 0 Å². The van der Waals surface area contributed by atoms with E-state index >= 15 is 0 Å². The Kier molecular flexibility index (Phi) is 2.36. The monoisotopic (exact) mass is 288 g/mol. The maximum Gasteiger partial charge on any atom is 0.106 e. The summed E-state index contributed by atoms with van der Waals surface area (Å²) in [6, 6.07) is 17.1. The molecule has 4 aromatic carbocycles. The summed E-state index contributed by atoms with van der Waals surface area (Å²) >= 11 is 0. The standard InChI is InChI=1S/C20H16O2/c21-16-9-7-14-10-13-5-4-11-2-1-3-12-6-8-15(18(13)17(11)12)19(14)20(16)22/h1-6,8,10,16,20-22H,7,9H2/t16-,20-/m1/s1. The number of aryl methyl sites for hydroxylation is 1. The molecule has 2 N–H and O–H groups in total. The minimum atomic E-state index is -0.784. The summed E-state index contributed by atoms with van der Waals surface area (Å²) in [5.74, 6) is 0.